The number of hydrogen-bond donors (Lipinski definition) is 2. The molecule has 2 aromatic rings. The summed E-state index contributed by atoms with van der Waals surface area (Å²) in [5.74, 6) is -1.12. The first-order valence-electron chi connectivity index (χ1n) is 6.27. The zero-order chi connectivity index (χ0) is 14.5. The summed E-state index contributed by atoms with van der Waals surface area (Å²) in [6.07, 6.45) is -0.116. The molecule has 3 N–H and O–H groups in total. The lowest BCUT2D eigenvalue weighted by molar-refractivity contribution is -0.136. The van der Waals surface area contributed by atoms with Gasteiger partial charge in [0.1, 0.15) is 0 Å². The van der Waals surface area contributed by atoms with Crippen LogP contribution in [-0.4, -0.2) is 16.9 Å². The second-order valence-corrected chi connectivity index (χ2v) is 4.52. The van der Waals surface area contributed by atoms with Gasteiger partial charge in [-0.2, -0.15) is 0 Å². The molecule has 0 radical (unpaired) electrons. The van der Waals surface area contributed by atoms with Crippen molar-refractivity contribution < 1.29 is 14.7 Å². The van der Waals surface area contributed by atoms with Crippen LogP contribution in [0.15, 0.2) is 48.5 Å². The van der Waals surface area contributed by atoms with Gasteiger partial charge in [-0.25, -0.2) is 0 Å². The highest BCUT2D eigenvalue weighted by atomic mass is 16.4. The van der Waals surface area contributed by atoms with Crippen LogP contribution in [0, 0.1) is 0 Å². The Balaban J connectivity index is 2.11. The zero-order valence-corrected chi connectivity index (χ0v) is 10.9. The number of carbonyl (C=O) groups is 2. The van der Waals surface area contributed by atoms with E-state index in [2.05, 4.69) is 0 Å². The molecule has 0 aliphatic carbocycles. The summed E-state index contributed by atoms with van der Waals surface area (Å²) >= 11 is 0. The van der Waals surface area contributed by atoms with Gasteiger partial charge >= 0.3 is 5.97 Å². The summed E-state index contributed by atoms with van der Waals surface area (Å²) in [5.41, 5.74) is 8.87. The molecule has 0 saturated carbocycles. The fourth-order valence-corrected chi connectivity index (χ4v) is 1.89. The first kappa shape index (κ1) is 13.8. The third-order valence-corrected chi connectivity index (χ3v) is 3.02. The second-order valence-electron chi connectivity index (χ2n) is 4.52. The normalized spacial score (nSPS) is 10.2. The minimum Gasteiger partial charge on any atom is -0.481 e. The number of nitrogens with two attached hydrogens (primary N) is 1. The molecule has 102 valence electrons. The molecule has 0 unspecified atom stereocenters. The van der Waals surface area contributed by atoms with E-state index in [1.54, 1.807) is 12.1 Å². The molecule has 4 nitrogen and oxygen atoms in total. The number of hydrogen-bond acceptors (Lipinski definition) is 3. The van der Waals surface area contributed by atoms with E-state index in [0.29, 0.717) is 11.3 Å². The molecule has 0 atom stereocenters. The molecule has 20 heavy (non-hydrogen) atoms. The van der Waals surface area contributed by atoms with Crippen LogP contribution in [0.1, 0.15) is 23.2 Å². The van der Waals surface area contributed by atoms with Crippen LogP contribution in [0.4, 0.5) is 5.69 Å². The molecule has 0 saturated heterocycles. The largest absolute Gasteiger partial charge is 0.481 e. The van der Waals surface area contributed by atoms with Gasteiger partial charge in [-0.1, -0.05) is 36.4 Å². The van der Waals surface area contributed by atoms with E-state index in [-0.39, 0.29) is 18.6 Å². The van der Waals surface area contributed by atoms with Crippen molar-refractivity contribution in [3.05, 3.63) is 54.1 Å². The summed E-state index contributed by atoms with van der Waals surface area (Å²) in [6, 6.07) is 14.6. The van der Waals surface area contributed by atoms with Gasteiger partial charge in [0.2, 0.25) is 0 Å². The maximum atomic E-state index is 11.8. The molecular weight excluding hydrogens is 254 g/mol. The molecule has 0 aliphatic heterocycles. The second kappa shape index (κ2) is 6.02. The minimum atomic E-state index is -0.961. The van der Waals surface area contributed by atoms with Gasteiger partial charge in [-0.15, -0.1) is 0 Å². The molecule has 0 amide bonds. The van der Waals surface area contributed by atoms with Crippen molar-refractivity contribution in [3.63, 3.8) is 0 Å². The topological polar surface area (TPSA) is 80.4 Å². The predicted molar refractivity (Wildman–Crippen MR) is 77.5 cm³/mol. The number of carbonyl (C=O) groups excluding carboxylic acids is 1. The highest BCUT2D eigenvalue weighted by Crippen LogP contribution is 2.21. The zero-order valence-electron chi connectivity index (χ0n) is 10.9. The number of carboxylic acid groups (broad SMARTS) is 1. The quantitative estimate of drug-likeness (QED) is 0.646. The molecule has 0 spiro atoms. The third kappa shape index (κ3) is 3.45. The summed E-state index contributed by atoms with van der Waals surface area (Å²) in [4.78, 5) is 22.2. The van der Waals surface area contributed by atoms with Crippen molar-refractivity contribution >= 4 is 17.4 Å². The molecule has 0 aliphatic rings. The van der Waals surface area contributed by atoms with E-state index in [0.717, 1.165) is 11.1 Å². The lowest BCUT2D eigenvalue weighted by atomic mass is 10.0. The minimum absolute atomic E-state index is 0.0244. The molecule has 0 heterocycles. The lowest BCUT2D eigenvalue weighted by Crippen LogP contribution is -2.03. The standard InChI is InChI=1S/C16H15NO3/c17-14-7-5-12(6-8-14)11-1-3-13(4-2-11)15(18)9-10-16(19)20/h1-8H,9-10,17H2,(H,19,20). The van der Waals surface area contributed by atoms with Gasteiger partial charge in [-0.3, -0.25) is 9.59 Å². The number of aliphatic carboxylic acids is 1. The van der Waals surface area contributed by atoms with Crippen LogP contribution in [0.5, 0.6) is 0 Å². The average Bonchev–Trinajstić information content (AvgIpc) is 2.46. The Morgan fingerprint density at radius 1 is 0.850 bits per heavy atom. The maximum Gasteiger partial charge on any atom is 0.303 e. The van der Waals surface area contributed by atoms with Crippen LogP contribution < -0.4 is 5.73 Å². The molecule has 2 aromatic carbocycles. The van der Waals surface area contributed by atoms with Crippen LogP contribution in [0.3, 0.4) is 0 Å². The Kier molecular flexibility index (Phi) is 4.15. The monoisotopic (exact) mass is 269 g/mol. The molecular formula is C16H15NO3. The van der Waals surface area contributed by atoms with Crippen molar-refractivity contribution in [2.45, 2.75) is 12.8 Å². The van der Waals surface area contributed by atoms with Crippen molar-refractivity contribution in [2.75, 3.05) is 5.73 Å². The van der Waals surface area contributed by atoms with Crippen LogP contribution in [0.25, 0.3) is 11.1 Å². The van der Waals surface area contributed by atoms with E-state index in [4.69, 9.17) is 10.8 Å². The first-order chi connectivity index (χ1) is 9.56. The highest BCUT2D eigenvalue weighted by Gasteiger charge is 2.08. The van der Waals surface area contributed by atoms with E-state index < -0.39 is 5.97 Å². The number of rotatable bonds is 5. The van der Waals surface area contributed by atoms with Crippen LogP contribution in [0.2, 0.25) is 0 Å². The molecule has 4 heteroatoms. The Hall–Kier alpha value is -2.62. The SMILES string of the molecule is Nc1ccc(-c2ccc(C(=O)CCC(=O)O)cc2)cc1. The Labute approximate surface area is 116 Å². The van der Waals surface area contributed by atoms with E-state index in [1.807, 2.05) is 36.4 Å². The van der Waals surface area contributed by atoms with Crippen LogP contribution in [-0.2, 0) is 4.79 Å². The summed E-state index contributed by atoms with van der Waals surface area (Å²) in [6.45, 7) is 0. The fourth-order valence-electron chi connectivity index (χ4n) is 1.89. The van der Waals surface area contributed by atoms with Gasteiger partial charge in [0, 0.05) is 17.7 Å². The van der Waals surface area contributed by atoms with Crippen molar-refractivity contribution in [3.8, 4) is 11.1 Å². The molecule has 0 aromatic heterocycles. The van der Waals surface area contributed by atoms with Crippen molar-refractivity contribution in [1.82, 2.24) is 0 Å². The van der Waals surface area contributed by atoms with Gasteiger partial charge < -0.3 is 10.8 Å². The number of Topliss-reactive ketones (excluding diaryl/α,β-unsaturated/α-hetero) is 1. The smallest absolute Gasteiger partial charge is 0.303 e. The number of anilines is 1. The Morgan fingerprint density at radius 3 is 1.85 bits per heavy atom. The van der Waals surface area contributed by atoms with Gasteiger partial charge in [0.15, 0.2) is 5.78 Å². The molecule has 2 rings (SSSR count). The first-order valence-corrected chi connectivity index (χ1v) is 6.27. The van der Waals surface area contributed by atoms with Crippen molar-refractivity contribution in [1.29, 1.82) is 0 Å². The number of benzene rings is 2. The Bertz CT molecular complexity index is 615. The van der Waals surface area contributed by atoms with E-state index >= 15 is 0 Å². The summed E-state index contributed by atoms with van der Waals surface area (Å²) in [5, 5.41) is 8.56. The number of ketones is 1. The lowest BCUT2D eigenvalue weighted by Gasteiger charge is -2.04. The predicted octanol–water partition coefficient (Wildman–Crippen LogP) is 2.98. The van der Waals surface area contributed by atoms with E-state index in [9.17, 15) is 9.59 Å². The Morgan fingerprint density at radius 2 is 1.35 bits per heavy atom. The third-order valence-electron chi connectivity index (χ3n) is 3.02. The van der Waals surface area contributed by atoms with Gasteiger partial charge in [-0.05, 0) is 23.3 Å². The highest BCUT2D eigenvalue weighted by molar-refractivity contribution is 5.97. The van der Waals surface area contributed by atoms with Gasteiger partial charge in [0.25, 0.3) is 0 Å². The number of carboxylic acids is 1. The molecule has 0 fully saturated rings. The fraction of sp³-hybridized carbons (Fsp3) is 0.125. The molecule has 0 bridgehead atoms. The van der Waals surface area contributed by atoms with Crippen molar-refractivity contribution in [2.24, 2.45) is 0 Å². The van der Waals surface area contributed by atoms with E-state index in [1.165, 1.54) is 0 Å². The maximum absolute atomic E-state index is 11.8. The number of nitrogen functional groups attached to an aromatic ring is 1. The van der Waals surface area contributed by atoms with Gasteiger partial charge in [0.05, 0.1) is 6.42 Å². The van der Waals surface area contributed by atoms with Crippen LogP contribution >= 0.6 is 0 Å². The summed E-state index contributed by atoms with van der Waals surface area (Å²) in [7, 11) is 0. The summed E-state index contributed by atoms with van der Waals surface area (Å²) < 4.78 is 0. The average molecular weight is 269 g/mol.